The number of likely N-dealkylation sites (N-methyl/N-ethyl adjacent to an activating group) is 1. The zero-order valence-electron chi connectivity index (χ0n) is 12.5. The van der Waals surface area contributed by atoms with Crippen molar-refractivity contribution in [2.45, 2.75) is 31.6 Å². The smallest absolute Gasteiger partial charge is 0.377 e. The number of alkyl halides is 2. The van der Waals surface area contributed by atoms with Crippen LogP contribution >= 0.6 is 15.9 Å². The van der Waals surface area contributed by atoms with Gasteiger partial charge in [-0.05, 0) is 41.4 Å². The SMILES string of the molecule is CCOC(=O)C(F)(F)CC1(C)C(=O)N(C)c2c(Br)cccc21. The molecule has 0 fully saturated rings. The van der Waals surface area contributed by atoms with Crippen molar-refractivity contribution in [3.05, 3.63) is 28.2 Å². The highest BCUT2D eigenvalue weighted by molar-refractivity contribution is 9.10. The van der Waals surface area contributed by atoms with Gasteiger partial charge in [0.25, 0.3) is 0 Å². The van der Waals surface area contributed by atoms with E-state index in [0.717, 1.165) is 0 Å². The molecule has 2 rings (SSSR count). The number of carbonyl (C=O) groups is 2. The van der Waals surface area contributed by atoms with Gasteiger partial charge in [-0.2, -0.15) is 8.78 Å². The van der Waals surface area contributed by atoms with Gasteiger partial charge in [0.05, 0.1) is 17.7 Å². The number of anilines is 1. The Hall–Kier alpha value is -1.50. The minimum atomic E-state index is -3.73. The van der Waals surface area contributed by atoms with Crippen molar-refractivity contribution in [2.24, 2.45) is 0 Å². The normalized spacial score (nSPS) is 21.0. The Labute approximate surface area is 135 Å². The first kappa shape index (κ1) is 16.9. The van der Waals surface area contributed by atoms with E-state index in [2.05, 4.69) is 20.7 Å². The summed E-state index contributed by atoms with van der Waals surface area (Å²) in [6.07, 6.45) is -0.925. The molecule has 0 aromatic heterocycles. The van der Waals surface area contributed by atoms with Crippen molar-refractivity contribution in [3.8, 4) is 0 Å². The third-order valence-corrected chi connectivity index (χ3v) is 4.48. The van der Waals surface area contributed by atoms with Crippen LogP contribution in [0.15, 0.2) is 22.7 Å². The van der Waals surface area contributed by atoms with Crippen molar-refractivity contribution in [2.75, 3.05) is 18.6 Å². The van der Waals surface area contributed by atoms with Gasteiger partial charge in [0.15, 0.2) is 0 Å². The molecule has 1 amide bonds. The molecule has 1 heterocycles. The first-order valence-corrected chi connectivity index (χ1v) is 7.56. The van der Waals surface area contributed by atoms with Crippen LogP contribution in [0.3, 0.4) is 0 Å². The lowest BCUT2D eigenvalue weighted by atomic mass is 9.78. The fourth-order valence-electron chi connectivity index (χ4n) is 2.81. The maximum atomic E-state index is 14.1. The van der Waals surface area contributed by atoms with Gasteiger partial charge in [0, 0.05) is 17.9 Å². The molecule has 4 nitrogen and oxygen atoms in total. The van der Waals surface area contributed by atoms with E-state index in [4.69, 9.17) is 0 Å². The Morgan fingerprint density at radius 3 is 2.68 bits per heavy atom. The second kappa shape index (κ2) is 5.61. The number of hydrogen-bond acceptors (Lipinski definition) is 3. The molecular weight excluding hydrogens is 360 g/mol. The number of carbonyl (C=O) groups excluding carboxylic acids is 2. The van der Waals surface area contributed by atoms with Crippen LogP contribution in [0.1, 0.15) is 25.8 Å². The number of ether oxygens (including phenoxy) is 1. The molecule has 1 unspecified atom stereocenters. The zero-order valence-corrected chi connectivity index (χ0v) is 14.0. The quantitative estimate of drug-likeness (QED) is 0.758. The molecule has 0 N–H and O–H groups in total. The number of fused-ring (bicyclic) bond motifs is 1. The highest BCUT2D eigenvalue weighted by atomic mass is 79.9. The van der Waals surface area contributed by atoms with E-state index in [0.29, 0.717) is 15.7 Å². The highest BCUT2D eigenvalue weighted by Gasteiger charge is 2.55. The van der Waals surface area contributed by atoms with Gasteiger partial charge in [0.1, 0.15) is 0 Å². The fraction of sp³-hybridized carbons (Fsp3) is 0.467. The van der Waals surface area contributed by atoms with Crippen molar-refractivity contribution in [1.82, 2.24) is 0 Å². The third-order valence-electron chi connectivity index (χ3n) is 3.84. The monoisotopic (exact) mass is 375 g/mol. The van der Waals surface area contributed by atoms with Gasteiger partial charge in [-0.3, -0.25) is 4.79 Å². The molecular formula is C15H16BrF2NO3. The molecule has 0 aliphatic carbocycles. The average molecular weight is 376 g/mol. The van der Waals surface area contributed by atoms with Crippen molar-refractivity contribution < 1.29 is 23.1 Å². The summed E-state index contributed by atoms with van der Waals surface area (Å²) in [4.78, 5) is 25.3. The summed E-state index contributed by atoms with van der Waals surface area (Å²) in [5, 5.41) is 0. The van der Waals surface area contributed by atoms with Crippen molar-refractivity contribution in [1.29, 1.82) is 0 Å². The summed E-state index contributed by atoms with van der Waals surface area (Å²) in [6, 6.07) is 5.04. The Kier molecular flexibility index (Phi) is 4.30. The van der Waals surface area contributed by atoms with Gasteiger partial charge in [-0.15, -0.1) is 0 Å². The lowest BCUT2D eigenvalue weighted by Crippen LogP contribution is -2.44. The third kappa shape index (κ3) is 2.51. The average Bonchev–Trinajstić information content (AvgIpc) is 2.62. The minimum absolute atomic E-state index is 0.138. The molecule has 7 heteroatoms. The molecule has 0 saturated heterocycles. The van der Waals surface area contributed by atoms with E-state index in [1.165, 1.54) is 25.8 Å². The van der Waals surface area contributed by atoms with Crippen LogP contribution in [-0.2, 0) is 19.7 Å². The topological polar surface area (TPSA) is 46.6 Å². The first-order chi connectivity index (χ1) is 10.1. The van der Waals surface area contributed by atoms with Crippen LogP contribution < -0.4 is 4.90 Å². The number of nitrogens with zero attached hydrogens (tertiary/aromatic N) is 1. The maximum absolute atomic E-state index is 14.1. The Morgan fingerprint density at radius 2 is 2.09 bits per heavy atom. The Balaban J connectivity index is 2.45. The first-order valence-electron chi connectivity index (χ1n) is 6.77. The van der Waals surface area contributed by atoms with E-state index in [1.807, 2.05) is 0 Å². The molecule has 1 aromatic carbocycles. The fourth-order valence-corrected chi connectivity index (χ4v) is 3.44. The Bertz CT molecular complexity index is 635. The number of halogens is 3. The van der Waals surface area contributed by atoms with Crippen molar-refractivity contribution >= 4 is 33.5 Å². The molecule has 120 valence electrons. The summed E-state index contributed by atoms with van der Waals surface area (Å²) >= 11 is 3.33. The van der Waals surface area contributed by atoms with Crippen LogP contribution in [0.25, 0.3) is 0 Å². The summed E-state index contributed by atoms with van der Waals surface area (Å²) in [6.45, 7) is 2.75. The summed E-state index contributed by atoms with van der Waals surface area (Å²) in [5.74, 6) is -5.81. The zero-order chi connectivity index (χ0) is 16.7. The van der Waals surface area contributed by atoms with Crippen LogP contribution in [0.4, 0.5) is 14.5 Å². The number of rotatable bonds is 4. The number of para-hydroxylation sites is 1. The molecule has 1 aliphatic heterocycles. The van der Waals surface area contributed by atoms with E-state index < -0.39 is 29.6 Å². The number of esters is 1. The predicted octanol–water partition coefficient (Wildman–Crippen LogP) is 3.27. The van der Waals surface area contributed by atoms with Gasteiger partial charge < -0.3 is 9.64 Å². The van der Waals surface area contributed by atoms with Gasteiger partial charge in [0.2, 0.25) is 5.91 Å². The van der Waals surface area contributed by atoms with E-state index in [1.54, 1.807) is 18.2 Å². The van der Waals surface area contributed by atoms with Gasteiger partial charge in [-0.1, -0.05) is 12.1 Å². The maximum Gasteiger partial charge on any atom is 0.377 e. The van der Waals surface area contributed by atoms with Crippen LogP contribution in [0.5, 0.6) is 0 Å². The van der Waals surface area contributed by atoms with Crippen LogP contribution in [-0.4, -0.2) is 31.5 Å². The molecule has 0 spiro atoms. The summed E-state index contributed by atoms with van der Waals surface area (Å²) in [5.41, 5.74) is -0.461. The largest absolute Gasteiger partial charge is 0.462 e. The molecule has 1 aromatic rings. The lowest BCUT2D eigenvalue weighted by molar-refractivity contribution is -0.174. The van der Waals surface area contributed by atoms with E-state index >= 15 is 0 Å². The van der Waals surface area contributed by atoms with Crippen LogP contribution in [0.2, 0.25) is 0 Å². The molecule has 0 radical (unpaired) electrons. The van der Waals surface area contributed by atoms with Gasteiger partial charge in [-0.25, -0.2) is 4.79 Å². The van der Waals surface area contributed by atoms with E-state index in [9.17, 15) is 18.4 Å². The molecule has 0 bridgehead atoms. The van der Waals surface area contributed by atoms with Crippen LogP contribution in [0, 0.1) is 0 Å². The van der Waals surface area contributed by atoms with Gasteiger partial charge >= 0.3 is 11.9 Å². The molecule has 1 atom stereocenters. The second-order valence-electron chi connectivity index (χ2n) is 5.43. The second-order valence-corrected chi connectivity index (χ2v) is 6.29. The standard InChI is InChI=1S/C15H16BrF2NO3/c1-4-22-13(21)15(17,18)8-14(2)9-6-5-7-10(16)11(9)19(3)12(14)20/h5-7H,4,8H2,1-3H3. The number of amides is 1. The molecule has 1 aliphatic rings. The Morgan fingerprint density at radius 1 is 1.45 bits per heavy atom. The summed E-state index contributed by atoms with van der Waals surface area (Å²) in [7, 11) is 1.53. The number of benzene rings is 1. The number of hydrogen-bond donors (Lipinski definition) is 0. The lowest BCUT2D eigenvalue weighted by Gasteiger charge is -2.27. The van der Waals surface area contributed by atoms with Crippen molar-refractivity contribution in [3.63, 3.8) is 0 Å². The molecule has 0 saturated carbocycles. The predicted molar refractivity (Wildman–Crippen MR) is 81.1 cm³/mol. The summed E-state index contributed by atoms with van der Waals surface area (Å²) < 4.78 is 33.3. The molecule has 22 heavy (non-hydrogen) atoms. The minimum Gasteiger partial charge on any atom is -0.462 e. The highest BCUT2D eigenvalue weighted by Crippen LogP contribution is 2.49. The van der Waals surface area contributed by atoms with E-state index in [-0.39, 0.29) is 6.61 Å².